The van der Waals surface area contributed by atoms with E-state index in [1.54, 1.807) is 17.8 Å². The molecule has 3 N–H and O–H groups in total. The smallest absolute Gasteiger partial charge is 0.271 e. The lowest BCUT2D eigenvalue weighted by molar-refractivity contribution is -0.137. The minimum absolute atomic E-state index is 0.455. The zero-order valence-electron chi connectivity index (χ0n) is 9.11. The normalized spacial score (nSPS) is 13.6. The molecular formula is C11H10F3N3S. The Balaban J connectivity index is 2.38. The molecule has 1 aromatic carbocycles. The lowest BCUT2D eigenvalue weighted by Crippen LogP contribution is -2.28. The number of nitrogens with one attached hydrogen (secondary N) is 1. The van der Waals surface area contributed by atoms with Crippen molar-refractivity contribution in [2.24, 2.45) is 5.84 Å². The Labute approximate surface area is 105 Å². The van der Waals surface area contributed by atoms with Gasteiger partial charge in [0.15, 0.2) is 0 Å². The van der Waals surface area contributed by atoms with E-state index in [4.69, 9.17) is 5.84 Å². The maximum Gasteiger partial charge on any atom is 0.416 e. The van der Waals surface area contributed by atoms with Crippen LogP contribution in [0.5, 0.6) is 0 Å². The van der Waals surface area contributed by atoms with E-state index in [0.717, 1.165) is 17.0 Å². The average molecular weight is 273 g/mol. The van der Waals surface area contributed by atoms with Crippen LogP contribution in [0, 0.1) is 0 Å². The van der Waals surface area contributed by atoms with Crippen LogP contribution in [-0.2, 0) is 6.18 Å². The highest BCUT2D eigenvalue weighted by Crippen LogP contribution is 2.32. The van der Waals surface area contributed by atoms with Crippen molar-refractivity contribution in [2.45, 2.75) is 12.2 Å². The molecule has 1 atom stereocenters. The Morgan fingerprint density at radius 2 is 2.11 bits per heavy atom. The van der Waals surface area contributed by atoms with E-state index >= 15 is 0 Å². The van der Waals surface area contributed by atoms with Gasteiger partial charge in [0.1, 0.15) is 0 Å². The summed E-state index contributed by atoms with van der Waals surface area (Å²) in [6.07, 6.45) is -2.78. The molecule has 2 aromatic rings. The van der Waals surface area contributed by atoms with E-state index in [2.05, 4.69) is 10.4 Å². The number of aromatic nitrogens is 1. The van der Waals surface area contributed by atoms with Crippen molar-refractivity contribution >= 4 is 11.3 Å². The molecule has 7 heteroatoms. The van der Waals surface area contributed by atoms with Gasteiger partial charge in [-0.15, -0.1) is 11.3 Å². The maximum atomic E-state index is 12.6. The molecule has 0 spiro atoms. The molecule has 0 aliphatic rings. The standard InChI is InChI=1S/C11H10F3N3S/c12-11(13,14)8-3-1-2-7(4-8)10(17-15)9-5-16-6-18-9/h1-6,10,17H,15H2. The van der Waals surface area contributed by atoms with E-state index in [-0.39, 0.29) is 0 Å². The summed E-state index contributed by atoms with van der Waals surface area (Å²) in [6, 6.07) is 4.59. The Bertz CT molecular complexity index is 511. The number of rotatable bonds is 3. The summed E-state index contributed by atoms with van der Waals surface area (Å²) in [5.41, 5.74) is 3.87. The first-order valence-electron chi connectivity index (χ1n) is 5.04. The van der Waals surface area contributed by atoms with Gasteiger partial charge in [-0.2, -0.15) is 13.2 Å². The minimum atomic E-state index is -4.36. The van der Waals surface area contributed by atoms with E-state index < -0.39 is 17.8 Å². The van der Waals surface area contributed by atoms with Crippen molar-refractivity contribution in [3.8, 4) is 0 Å². The fourth-order valence-corrected chi connectivity index (χ4v) is 2.31. The topological polar surface area (TPSA) is 50.9 Å². The number of hydrogen-bond acceptors (Lipinski definition) is 4. The monoisotopic (exact) mass is 273 g/mol. The van der Waals surface area contributed by atoms with E-state index in [9.17, 15) is 13.2 Å². The second-order valence-corrected chi connectivity index (χ2v) is 4.54. The van der Waals surface area contributed by atoms with Crippen molar-refractivity contribution in [3.63, 3.8) is 0 Å². The SMILES string of the molecule is NNC(c1cccc(C(F)(F)F)c1)c1cncs1. The second-order valence-electron chi connectivity index (χ2n) is 3.63. The number of nitrogens with zero attached hydrogens (tertiary/aromatic N) is 1. The van der Waals surface area contributed by atoms with Gasteiger partial charge in [0.25, 0.3) is 0 Å². The molecule has 3 nitrogen and oxygen atoms in total. The number of benzene rings is 1. The van der Waals surface area contributed by atoms with Gasteiger partial charge in [-0.1, -0.05) is 12.1 Å². The van der Waals surface area contributed by atoms with Crippen LogP contribution in [0.1, 0.15) is 22.0 Å². The molecule has 18 heavy (non-hydrogen) atoms. The molecule has 0 aliphatic heterocycles. The van der Waals surface area contributed by atoms with E-state index in [0.29, 0.717) is 5.56 Å². The molecule has 0 fully saturated rings. The third-order valence-electron chi connectivity index (χ3n) is 2.45. The summed E-state index contributed by atoms with van der Waals surface area (Å²) in [4.78, 5) is 4.65. The Kier molecular flexibility index (Phi) is 3.65. The lowest BCUT2D eigenvalue weighted by Gasteiger charge is -2.16. The molecule has 0 amide bonds. The summed E-state index contributed by atoms with van der Waals surface area (Å²) >= 11 is 1.33. The van der Waals surface area contributed by atoms with Crippen molar-refractivity contribution in [1.82, 2.24) is 10.4 Å². The van der Waals surface area contributed by atoms with Crippen LogP contribution in [-0.4, -0.2) is 4.98 Å². The first-order chi connectivity index (χ1) is 8.52. The molecule has 1 heterocycles. The van der Waals surface area contributed by atoms with Crippen LogP contribution in [0.25, 0.3) is 0 Å². The maximum absolute atomic E-state index is 12.6. The highest BCUT2D eigenvalue weighted by molar-refractivity contribution is 7.09. The number of halogens is 3. The highest BCUT2D eigenvalue weighted by Gasteiger charge is 2.31. The molecule has 0 saturated heterocycles. The number of alkyl halides is 3. The Morgan fingerprint density at radius 1 is 1.33 bits per heavy atom. The summed E-state index contributed by atoms with van der Waals surface area (Å²) in [5.74, 6) is 5.40. The molecule has 96 valence electrons. The van der Waals surface area contributed by atoms with Crippen molar-refractivity contribution < 1.29 is 13.2 Å². The molecule has 1 unspecified atom stereocenters. The van der Waals surface area contributed by atoms with Crippen LogP contribution >= 0.6 is 11.3 Å². The molecule has 0 saturated carbocycles. The van der Waals surface area contributed by atoms with Gasteiger partial charge in [0.05, 0.1) is 17.1 Å². The van der Waals surface area contributed by atoms with Gasteiger partial charge in [0, 0.05) is 11.1 Å². The second kappa shape index (κ2) is 5.05. The predicted octanol–water partition coefficient (Wildman–Crippen LogP) is 2.71. The number of hydrogen-bond donors (Lipinski definition) is 2. The molecule has 1 aromatic heterocycles. The summed E-state index contributed by atoms with van der Waals surface area (Å²) in [5, 5.41) is 0. The molecule has 0 aliphatic carbocycles. The highest BCUT2D eigenvalue weighted by atomic mass is 32.1. The van der Waals surface area contributed by atoms with E-state index in [1.165, 1.54) is 17.4 Å². The van der Waals surface area contributed by atoms with Crippen LogP contribution in [0.4, 0.5) is 13.2 Å². The molecule has 0 bridgehead atoms. The fourth-order valence-electron chi connectivity index (χ4n) is 1.61. The van der Waals surface area contributed by atoms with Gasteiger partial charge in [-0.05, 0) is 17.7 Å². The largest absolute Gasteiger partial charge is 0.416 e. The lowest BCUT2D eigenvalue weighted by atomic mass is 10.0. The zero-order chi connectivity index (χ0) is 13.2. The van der Waals surface area contributed by atoms with Crippen molar-refractivity contribution in [1.29, 1.82) is 0 Å². The number of nitrogens with two attached hydrogens (primary N) is 1. The molecule has 0 radical (unpaired) electrons. The summed E-state index contributed by atoms with van der Waals surface area (Å²) < 4.78 is 37.8. The zero-order valence-corrected chi connectivity index (χ0v) is 9.92. The van der Waals surface area contributed by atoms with Gasteiger partial charge in [-0.3, -0.25) is 10.8 Å². The first-order valence-corrected chi connectivity index (χ1v) is 5.92. The third kappa shape index (κ3) is 2.69. The molecular weight excluding hydrogens is 263 g/mol. The third-order valence-corrected chi connectivity index (χ3v) is 3.29. The number of hydrazine groups is 1. The van der Waals surface area contributed by atoms with Crippen molar-refractivity contribution in [2.75, 3.05) is 0 Å². The number of thiazole rings is 1. The van der Waals surface area contributed by atoms with Crippen molar-refractivity contribution in [3.05, 3.63) is 52.0 Å². The Hall–Kier alpha value is -1.44. The minimum Gasteiger partial charge on any atom is -0.271 e. The quantitative estimate of drug-likeness (QED) is 0.668. The first kappa shape index (κ1) is 13.0. The summed E-state index contributed by atoms with van der Waals surface area (Å²) in [7, 11) is 0. The Morgan fingerprint density at radius 3 is 2.67 bits per heavy atom. The molecule has 2 rings (SSSR count). The fraction of sp³-hybridized carbons (Fsp3) is 0.182. The van der Waals surface area contributed by atoms with Crippen LogP contribution in [0.2, 0.25) is 0 Å². The van der Waals surface area contributed by atoms with Crippen LogP contribution < -0.4 is 11.3 Å². The van der Waals surface area contributed by atoms with Gasteiger partial charge < -0.3 is 0 Å². The van der Waals surface area contributed by atoms with E-state index in [1.807, 2.05) is 0 Å². The van der Waals surface area contributed by atoms with Crippen LogP contribution in [0.3, 0.4) is 0 Å². The van der Waals surface area contributed by atoms with Crippen LogP contribution in [0.15, 0.2) is 36.0 Å². The summed E-state index contributed by atoms with van der Waals surface area (Å²) in [6.45, 7) is 0. The van der Waals surface area contributed by atoms with Gasteiger partial charge in [0.2, 0.25) is 0 Å². The van der Waals surface area contributed by atoms with Gasteiger partial charge >= 0.3 is 6.18 Å². The predicted molar refractivity (Wildman–Crippen MR) is 62.7 cm³/mol. The average Bonchev–Trinajstić information content (AvgIpc) is 2.83. The van der Waals surface area contributed by atoms with Gasteiger partial charge in [-0.25, -0.2) is 5.43 Å².